The predicted molar refractivity (Wildman–Crippen MR) is 103 cm³/mol. The van der Waals surface area contributed by atoms with Crippen LogP contribution < -0.4 is 4.74 Å². The van der Waals surface area contributed by atoms with Crippen molar-refractivity contribution in [3.05, 3.63) is 23.9 Å². The zero-order valence-corrected chi connectivity index (χ0v) is 16.6. The summed E-state index contributed by atoms with van der Waals surface area (Å²) in [7, 11) is 1.59. The molecule has 0 fully saturated rings. The van der Waals surface area contributed by atoms with Crippen molar-refractivity contribution in [2.45, 2.75) is 47.6 Å². The van der Waals surface area contributed by atoms with Gasteiger partial charge >= 0.3 is 0 Å². The van der Waals surface area contributed by atoms with Gasteiger partial charge in [-0.05, 0) is 25.5 Å². The number of carbonyl (C=O) groups is 2. The molecule has 26 heavy (non-hydrogen) atoms. The maximum absolute atomic E-state index is 12.8. The lowest BCUT2D eigenvalue weighted by Crippen LogP contribution is -2.34. The topological polar surface area (TPSA) is 64.4 Å². The number of carbonyl (C=O) groups excluding carboxylic acids is 2. The number of amides is 1. The summed E-state index contributed by atoms with van der Waals surface area (Å²) in [6.45, 7) is 11.1. The van der Waals surface area contributed by atoms with Crippen molar-refractivity contribution in [1.82, 2.24) is 14.7 Å². The Kier molecular flexibility index (Phi) is 6.05. The number of Topliss-reactive ketones (excluding diaryl/α,β-unsaturated/α-hetero) is 1. The van der Waals surface area contributed by atoms with Crippen LogP contribution in [-0.2, 0) is 11.3 Å². The minimum atomic E-state index is -0.548. The Hall–Kier alpha value is -2.37. The molecule has 142 valence electrons. The fourth-order valence-electron chi connectivity index (χ4n) is 2.88. The van der Waals surface area contributed by atoms with Crippen LogP contribution >= 0.6 is 0 Å². The number of methoxy groups -OCH3 is 1. The van der Waals surface area contributed by atoms with Gasteiger partial charge in [0.05, 0.1) is 12.6 Å². The molecule has 1 heterocycles. The third kappa shape index (κ3) is 4.06. The number of nitrogens with zero attached hydrogens (tertiary/aromatic N) is 3. The second-order valence-corrected chi connectivity index (χ2v) is 7.44. The van der Waals surface area contributed by atoms with Gasteiger partial charge in [0.15, 0.2) is 5.78 Å². The highest BCUT2D eigenvalue weighted by molar-refractivity contribution is 6.08. The molecule has 0 saturated heterocycles. The van der Waals surface area contributed by atoms with Crippen LogP contribution in [-0.4, -0.2) is 46.6 Å². The van der Waals surface area contributed by atoms with E-state index in [1.165, 1.54) is 0 Å². The number of rotatable bonds is 7. The smallest absolute Gasteiger partial charge is 0.244 e. The molecule has 0 aliphatic rings. The molecule has 0 unspecified atom stereocenters. The molecular weight excluding hydrogens is 330 g/mol. The number of hydrogen-bond acceptors (Lipinski definition) is 4. The lowest BCUT2D eigenvalue weighted by Gasteiger charge is -2.20. The maximum Gasteiger partial charge on any atom is 0.244 e. The van der Waals surface area contributed by atoms with Crippen molar-refractivity contribution in [3.63, 3.8) is 0 Å². The van der Waals surface area contributed by atoms with Gasteiger partial charge in [0.1, 0.15) is 18.0 Å². The molecule has 0 aliphatic carbocycles. The molecule has 0 bridgehead atoms. The van der Waals surface area contributed by atoms with E-state index in [0.717, 1.165) is 17.3 Å². The summed E-state index contributed by atoms with van der Waals surface area (Å²) >= 11 is 0. The van der Waals surface area contributed by atoms with Crippen molar-refractivity contribution >= 4 is 22.6 Å². The first-order chi connectivity index (χ1) is 12.2. The summed E-state index contributed by atoms with van der Waals surface area (Å²) in [5, 5.41) is 5.26. The standard InChI is InChI=1S/C20H29N3O3/c1-7-11-22(8-2)17(24)13-23-16-12-14(26-6)9-10-15(16)18(21-23)19(25)20(3,4)5/h9-10,12H,7-8,11,13H2,1-6H3. The van der Waals surface area contributed by atoms with E-state index in [4.69, 9.17) is 4.74 Å². The molecule has 6 nitrogen and oxygen atoms in total. The van der Waals surface area contributed by atoms with Gasteiger partial charge in [0, 0.05) is 30.0 Å². The van der Waals surface area contributed by atoms with E-state index < -0.39 is 5.41 Å². The zero-order valence-electron chi connectivity index (χ0n) is 16.6. The van der Waals surface area contributed by atoms with Crippen LogP contribution in [0.25, 0.3) is 10.9 Å². The highest BCUT2D eigenvalue weighted by Crippen LogP contribution is 2.29. The van der Waals surface area contributed by atoms with Crippen LogP contribution in [0.5, 0.6) is 5.75 Å². The van der Waals surface area contributed by atoms with Gasteiger partial charge in [0.25, 0.3) is 0 Å². The fraction of sp³-hybridized carbons (Fsp3) is 0.550. The van der Waals surface area contributed by atoms with E-state index in [1.54, 1.807) is 16.7 Å². The maximum atomic E-state index is 12.8. The zero-order chi connectivity index (χ0) is 19.5. The summed E-state index contributed by atoms with van der Waals surface area (Å²) in [6.07, 6.45) is 0.904. The van der Waals surface area contributed by atoms with Crippen molar-refractivity contribution in [3.8, 4) is 5.75 Å². The first-order valence-corrected chi connectivity index (χ1v) is 9.10. The molecule has 0 N–H and O–H groups in total. The van der Waals surface area contributed by atoms with Crippen LogP contribution in [0.15, 0.2) is 18.2 Å². The van der Waals surface area contributed by atoms with Crippen LogP contribution in [0.2, 0.25) is 0 Å². The number of aromatic nitrogens is 2. The van der Waals surface area contributed by atoms with Gasteiger partial charge in [-0.1, -0.05) is 27.7 Å². The number of ketones is 1. The van der Waals surface area contributed by atoms with Crippen molar-refractivity contribution in [2.24, 2.45) is 5.41 Å². The van der Waals surface area contributed by atoms with Gasteiger partial charge in [-0.15, -0.1) is 0 Å². The summed E-state index contributed by atoms with van der Waals surface area (Å²) in [5.41, 5.74) is 0.590. The first kappa shape index (κ1) is 19.9. The Balaban J connectivity index is 2.51. The lowest BCUT2D eigenvalue weighted by molar-refractivity contribution is -0.131. The van der Waals surface area contributed by atoms with E-state index >= 15 is 0 Å². The van der Waals surface area contributed by atoms with Gasteiger partial charge in [-0.2, -0.15) is 5.10 Å². The normalized spacial score (nSPS) is 11.6. The monoisotopic (exact) mass is 359 g/mol. The predicted octanol–water partition coefficient (Wildman–Crippen LogP) is 3.53. The molecule has 0 saturated carbocycles. The molecule has 0 aliphatic heterocycles. The minimum Gasteiger partial charge on any atom is -0.497 e. The average Bonchev–Trinajstić information content (AvgIpc) is 2.95. The molecule has 1 aromatic carbocycles. The molecule has 6 heteroatoms. The third-order valence-electron chi connectivity index (χ3n) is 4.37. The molecule has 2 rings (SSSR count). The largest absolute Gasteiger partial charge is 0.497 e. The van der Waals surface area contributed by atoms with E-state index in [9.17, 15) is 9.59 Å². The van der Waals surface area contributed by atoms with Gasteiger partial charge in [-0.3, -0.25) is 14.3 Å². The lowest BCUT2D eigenvalue weighted by atomic mass is 9.88. The van der Waals surface area contributed by atoms with Gasteiger partial charge in [-0.25, -0.2) is 0 Å². The highest BCUT2D eigenvalue weighted by Gasteiger charge is 2.28. The molecule has 1 amide bonds. The molecule has 0 spiro atoms. The van der Waals surface area contributed by atoms with Crippen LogP contribution in [0.4, 0.5) is 0 Å². The summed E-state index contributed by atoms with van der Waals surface area (Å²) in [4.78, 5) is 27.3. The number of fused-ring (bicyclic) bond motifs is 1. The Bertz CT molecular complexity index is 802. The molecule has 1 aromatic heterocycles. The van der Waals surface area contributed by atoms with E-state index in [-0.39, 0.29) is 18.2 Å². The molecular formula is C20H29N3O3. The summed E-state index contributed by atoms with van der Waals surface area (Å²) in [6, 6.07) is 5.47. The summed E-state index contributed by atoms with van der Waals surface area (Å²) < 4.78 is 6.93. The number of hydrogen-bond donors (Lipinski definition) is 0. The highest BCUT2D eigenvalue weighted by atomic mass is 16.5. The van der Waals surface area contributed by atoms with Crippen molar-refractivity contribution in [2.75, 3.05) is 20.2 Å². The second kappa shape index (κ2) is 7.89. The molecule has 2 aromatic rings. The van der Waals surface area contributed by atoms with E-state index in [1.807, 2.05) is 52.8 Å². The summed E-state index contributed by atoms with van der Waals surface area (Å²) in [5.74, 6) is 0.623. The fourth-order valence-corrected chi connectivity index (χ4v) is 2.88. The number of benzene rings is 1. The Morgan fingerprint density at radius 1 is 1.23 bits per heavy atom. The quantitative estimate of drug-likeness (QED) is 0.710. The molecule has 0 radical (unpaired) electrons. The Morgan fingerprint density at radius 2 is 1.92 bits per heavy atom. The molecule has 0 atom stereocenters. The van der Waals surface area contributed by atoms with Crippen molar-refractivity contribution < 1.29 is 14.3 Å². The average molecular weight is 359 g/mol. The van der Waals surface area contributed by atoms with E-state index in [2.05, 4.69) is 5.10 Å². The number of likely N-dealkylation sites (N-methyl/N-ethyl adjacent to an activating group) is 1. The van der Waals surface area contributed by atoms with Crippen LogP contribution in [0, 0.1) is 5.41 Å². The number of ether oxygens (including phenoxy) is 1. The Labute approximate surface area is 155 Å². The van der Waals surface area contributed by atoms with Gasteiger partial charge in [0.2, 0.25) is 5.91 Å². The Morgan fingerprint density at radius 3 is 2.46 bits per heavy atom. The first-order valence-electron chi connectivity index (χ1n) is 9.10. The van der Waals surface area contributed by atoms with E-state index in [0.29, 0.717) is 24.5 Å². The van der Waals surface area contributed by atoms with Crippen LogP contribution in [0.3, 0.4) is 0 Å². The van der Waals surface area contributed by atoms with Crippen LogP contribution in [0.1, 0.15) is 51.5 Å². The van der Waals surface area contributed by atoms with Gasteiger partial charge < -0.3 is 9.64 Å². The van der Waals surface area contributed by atoms with Crippen molar-refractivity contribution in [1.29, 1.82) is 0 Å². The SMILES string of the molecule is CCCN(CC)C(=O)Cn1nc(C(=O)C(C)(C)C)c2ccc(OC)cc21. The third-order valence-corrected chi connectivity index (χ3v) is 4.37. The second-order valence-electron chi connectivity index (χ2n) is 7.44. The minimum absolute atomic E-state index is 0.00340.